The van der Waals surface area contributed by atoms with Gasteiger partial charge in [0.15, 0.2) is 0 Å². The van der Waals surface area contributed by atoms with Gasteiger partial charge in [-0.3, -0.25) is 9.89 Å². The molecule has 1 amide bonds. The minimum absolute atomic E-state index is 0.234. The van der Waals surface area contributed by atoms with E-state index in [2.05, 4.69) is 36.4 Å². The van der Waals surface area contributed by atoms with Crippen molar-refractivity contribution in [2.45, 2.75) is 0 Å². The fourth-order valence-electron chi connectivity index (χ4n) is 2.52. The number of nitrogens with one attached hydrogen (secondary N) is 2. The number of carbonyl (C=O) groups is 1. The second kappa shape index (κ2) is 6.97. The number of amides is 1. The largest absolute Gasteiger partial charge is 0.439 e. The predicted molar refractivity (Wildman–Crippen MR) is 102 cm³/mol. The lowest BCUT2D eigenvalue weighted by Gasteiger charge is -2.08. The number of pyridine rings is 1. The quantitative estimate of drug-likeness (QED) is 0.509. The molecule has 0 unspecified atom stereocenters. The van der Waals surface area contributed by atoms with Crippen LogP contribution in [0.5, 0.6) is 11.6 Å². The molecule has 0 aliphatic carbocycles. The zero-order chi connectivity index (χ0) is 17.9. The second-order valence-electron chi connectivity index (χ2n) is 5.54. The van der Waals surface area contributed by atoms with Gasteiger partial charge in [-0.15, -0.1) is 0 Å². The number of anilines is 1. The van der Waals surface area contributed by atoms with E-state index in [0.29, 0.717) is 28.4 Å². The van der Waals surface area contributed by atoms with Gasteiger partial charge in [-0.25, -0.2) is 4.98 Å². The molecule has 2 aromatic carbocycles. The maximum Gasteiger partial charge on any atom is 0.257 e. The topological polar surface area (TPSA) is 79.9 Å². The fraction of sp³-hybridized carbons (Fsp3) is 0. The number of carbonyl (C=O) groups excluding carboxylic acids is 1. The van der Waals surface area contributed by atoms with Gasteiger partial charge in [-0.1, -0.05) is 34.1 Å². The smallest absolute Gasteiger partial charge is 0.257 e. The fourth-order valence-corrected chi connectivity index (χ4v) is 2.90. The molecule has 0 saturated heterocycles. The van der Waals surface area contributed by atoms with Crippen LogP contribution in [0.1, 0.15) is 10.4 Å². The van der Waals surface area contributed by atoms with E-state index < -0.39 is 0 Å². The summed E-state index contributed by atoms with van der Waals surface area (Å²) in [5, 5.41) is 10.5. The van der Waals surface area contributed by atoms with Crippen molar-refractivity contribution in [2.75, 3.05) is 5.32 Å². The van der Waals surface area contributed by atoms with Crippen molar-refractivity contribution in [3.05, 3.63) is 77.0 Å². The SMILES string of the molecule is O=C(Nc1ccc(Oc2cccc(Br)c2)nc1)c1cccc2cn[nH]c12. The molecule has 26 heavy (non-hydrogen) atoms. The van der Waals surface area contributed by atoms with Crippen LogP contribution in [0.15, 0.2) is 71.5 Å². The van der Waals surface area contributed by atoms with Crippen LogP contribution in [0, 0.1) is 0 Å². The summed E-state index contributed by atoms with van der Waals surface area (Å²) >= 11 is 3.40. The Hall–Kier alpha value is -3.19. The molecular formula is C19H13BrN4O2. The lowest BCUT2D eigenvalue weighted by molar-refractivity contribution is 0.102. The summed E-state index contributed by atoms with van der Waals surface area (Å²) in [7, 11) is 0. The Morgan fingerprint density at radius 1 is 1.08 bits per heavy atom. The third kappa shape index (κ3) is 3.43. The van der Waals surface area contributed by atoms with E-state index in [1.165, 1.54) is 0 Å². The molecule has 2 heterocycles. The Kier molecular flexibility index (Phi) is 4.37. The molecule has 4 rings (SSSR count). The number of ether oxygens (including phenoxy) is 1. The number of aromatic amines is 1. The second-order valence-corrected chi connectivity index (χ2v) is 6.45. The number of fused-ring (bicyclic) bond motifs is 1. The highest BCUT2D eigenvalue weighted by molar-refractivity contribution is 9.10. The molecule has 4 aromatic rings. The van der Waals surface area contributed by atoms with E-state index in [4.69, 9.17) is 4.74 Å². The minimum Gasteiger partial charge on any atom is -0.439 e. The zero-order valence-corrected chi connectivity index (χ0v) is 15.0. The lowest BCUT2D eigenvalue weighted by atomic mass is 10.1. The van der Waals surface area contributed by atoms with Gasteiger partial charge in [-0.05, 0) is 30.3 Å². The summed E-state index contributed by atoms with van der Waals surface area (Å²) in [6.45, 7) is 0. The molecule has 128 valence electrons. The van der Waals surface area contributed by atoms with Crippen molar-refractivity contribution >= 4 is 38.4 Å². The molecule has 0 saturated carbocycles. The van der Waals surface area contributed by atoms with Gasteiger partial charge < -0.3 is 10.1 Å². The number of H-pyrrole nitrogens is 1. The van der Waals surface area contributed by atoms with Crippen LogP contribution < -0.4 is 10.1 Å². The van der Waals surface area contributed by atoms with E-state index in [1.807, 2.05) is 36.4 Å². The summed E-state index contributed by atoms with van der Waals surface area (Å²) in [6, 6.07) is 16.4. The summed E-state index contributed by atoms with van der Waals surface area (Å²) in [5.41, 5.74) is 1.80. The van der Waals surface area contributed by atoms with Crippen molar-refractivity contribution in [3.63, 3.8) is 0 Å². The van der Waals surface area contributed by atoms with E-state index >= 15 is 0 Å². The maximum atomic E-state index is 12.5. The summed E-state index contributed by atoms with van der Waals surface area (Å²) in [4.78, 5) is 16.7. The minimum atomic E-state index is -0.234. The molecule has 2 aromatic heterocycles. The first kappa shape index (κ1) is 16.3. The Bertz CT molecular complexity index is 1080. The van der Waals surface area contributed by atoms with Crippen molar-refractivity contribution < 1.29 is 9.53 Å². The molecule has 0 aliphatic heterocycles. The molecule has 0 spiro atoms. The van der Waals surface area contributed by atoms with Crippen LogP contribution in [0.25, 0.3) is 10.9 Å². The van der Waals surface area contributed by atoms with Gasteiger partial charge >= 0.3 is 0 Å². The van der Waals surface area contributed by atoms with Crippen LogP contribution in [0.2, 0.25) is 0 Å². The molecule has 0 radical (unpaired) electrons. The van der Waals surface area contributed by atoms with E-state index in [0.717, 1.165) is 9.86 Å². The number of para-hydroxylation sites is 1. The summed E-state index contributed by atoms with van der Waals surface area (Å²) in [6.07, 6.45) is 3.24. The first-order valence-corrected chi connectivity index (χ1v) is 8.61. The number of hydrogen-bond acceptors (Lipinski definition) is 4. The Morgan fingerprint density at radius 3 is 2.77 bits per heavy atom. The monoisotopic (exact) mass is 408 g/mol. The molecule has 2 N–H and O–H groups in total. The lowest BCUT2D eigenvalue weighted by Crippen LogP contribution is -2.12. The van der Waals surface area contributed by atoms with Gasteiger partial charge in [0.05, 0.1) is 29.2 Å². The maximum absolute atomic E-state index is 12.5. The van der Waals surface area contributed by atoms with Crippen LogP contribution in [0.3, 0.4) is 0 Å². The Morgan fingerprint density at radius 2 is 1.96 bits per heavy atom. The number of hydrogen-bond donors (Lipinski definition) is 2. The highest BCUT2D eigenvalue weighted by Gasteiger charge is 2.12. The standard InChI is InChI=1S/C19H13BrN4O2/c20-13-4-2-5-15(9-13)26-17-8-7-14(11-21-17)23-19(25)16-6-1-3-12-10-22-24-18(12)16/h1-11H,(H,22,24)(H,23,25). The van der Waals surface area contributed by atoms with Crippen molar-refractivity contribution in [2.24, 2.45) is 0 Å². The number of nitrogens with zero attached hydrogens (tertiary/aromatic N) is 2. The van der Waals surface area contributed by atoms with Crippen LogP contribution in [-0.2, 0) is 0 Å². The van der Waals surface area contributed by atoms with Gasteiger partial charge in [0.1, 0.15) is 5.75 Å². The molecule has 0 aliphatic rings. The van der Waals surface area contributed by atoms with Crippen molar-refractivity contribution in [3.8, 4) is 11.6 Å². The van der Waals surface area contributed by atoms with Crippen LogP contribution >= 0.6 is 15.9 Å². The molecule has 0 atom stereocenters. The van der Waals surface area contributed by atoms with E-state index in [-0.39, 0.29) is 5.91 Å². The van der Waals surface area contributed by atoms with Gasteiger partial charge in [0.2, 0.25) is 5.88 Å². The predicted octanol–water partition coefficient (Wildman–Crippen LogP) is 4.77. The van der Waals surface area contributed by atoms with Crippen molar-refractivity contribution in [1.29, 1.82) is 0 Å². The average molecular weight is 409 g/mol. The normalized spacial score (nSPS) is 10.7. The van der Waals surface area contributed by atoms with Gasteiger partial charge in [-0.2, -0.15) is 5.10 Å². The highest BCUT2D eigenvalue weighted by atomic mass is 79.9. The number of benzene rings is 2. The Balaban J connectivity index is 1.49. The third-order valence-electron chi connectivity index (χ3n) is 3.73. The Labute approximate surface area is 157 Å². The van der Waals surface area contributed by atoms with E-state index in [1.54, 1.807) is 30.6 Å². The van der Waals surface area contributed by atoms with Crippen molar-refractivity contribution in [1.82, 2.24) is 15.2 Å². The third-order valence-corrected chi connectivity index (χ3v) is 4.23. The zero-order valence-electron chi connectivity index (χ0n) is 13.4. The molecule has 0 fully saturated rings. The molecule has 7 heteroatoms. The van der Waals surface area contributed by atoms with Crippen LogP contribution in [0.4, 0.5) is 5.69 Å². The van der Waals surface area contributed by atoms with Gasteiger partial charge in [0.25, 0.3) is 5.91 Å². The first-order chi connectivity index (χ1) is 12.7. The van der Waals surface area contributed by atoms with Gasteiger partial charge in [0, 0.05) is 15.9 Å². The van der Waals surface area contributed by atoms with Crippen LogP contribution in [-0.4, -0.2) is 21.1 Å². The molecular weight excluding hydrogens is 396 g/mol. The number of aromatic nitrogens is 3. The molecule has 0 bridgehead atoms. The summed E-state index contributed by atoms with van der Waals surface area (Å²) in [5.74, 6) is 0.883. The average Bonchev–Trinajstić information content (AvgIpc) is 3.12. The highest BCUT2D eigenvalue weighted by Crippen LogP contribution is 2.24. The number of rotatable bonds is 4. The number of halogens is 1. The molecule has 6 nitrogen and oxygen atoms in total. The first-order valence-electron chi connectivity index (χ1n) is 7.82. The van der Waals surface area contributed by atoms with E-state index in [9.17, 15) is 4.79 Å². The summed E-state index contributed by atoms with van der Waals surface area (Å²) < 4.78 is 6.61.